The Hall–Kier alpha value is -1.03. The molecule has 0 spiro atoms. The van der Waals surface area contributed by atoms with Gasteiger partial charge in [-0.05, 0) is 19.8 Å². The number of hydrogen-bond donors (Lipinski definition) is 1. The van der Waals surface area contributed by atoms with Crippen LogP contribution < -0.4 is 5.73 Å². The van der Waals surface area contributed by atoms with Crippen molar-refractivity contribution < 1.29 is 4.79 Å². The molecule has 1 rings (SSSR count). The lowest BCUT2D eigenvalue weighted by molar-refractivity contribution is -0.129. The lowest BCUT2D eigenvalue weighted by Crippen LogP contribution is -2.44. The van der Waals surface area contributed by atoms with Crippen molar-refractivity contribution in [1.82, 2.24) is 9.80 Å². The molecule has 1 saturated heterocycles. The Labute approximate surface area is 91.7 Å². The van der Waals surface area contributed by atoms with Gasteiger partial charge in [0, 0.05) is 33.2 Å². The van der Waals surface area contributed by atoms with Gasteiger partial charge in [0.25, 0.3) is 5.91 Å². The number of amides is 1. The minimum absolute atomic E-state index is 0.120. The number of piperidine rings is 1. The predicted octanol–water partition coefficient (Wildman–Crippen LogP) is 0.402. The maximum atomic E-state index is 12.1. The van der Waals surface area contributed by atoms with E-state index in [9.17, 15) is 4.79 Å². The molecule has 86 valence electrons. The third kappa shape index (κ3) is 2.96. The summed E-state index contributed by atoms with van der Waals surface area (Å²) in [4.78, 5) is 15.8. The van der Waals surface area contributed by atoms with Crippen LogP contribution in [0.15, 0.2) is 11.8 Å². The summed E-state index contributed by atoms with van der Waals surface area (Å²) in [5.74, 6) is 0.120. The number of nitrogens with two attached hydrogens (primary N) is 1. The van der Waals surface area contributed by atoms with E-state index >= 15 is 0 Å². The Morgan fingerprint density at radius 3 is 2.33 bits per heavy atom. The molecule has 4 heteroatoms. The Morgan fingerprint density at radius 1 is 1.40 bits per heavy atom. The van der Waals surface area contributed by atoms with Gasteiger partial charge in [-0.3, -0.25) is 4.79 Å². The van der Waals surface area contributed by atoms with Crippen LogP contribution in [0, 0.1) is 0 Å². The number of likely N-dealkylation sites (tertiary alicyclic amines) is 1. The fourth-order valence-corrected chi connectivity index (χ4v) is 1.84. The quantitative estimate of drug-likeness (QED) is 0.673. The number of hydrogen-bond acceptors (Lipinski definition) is 3. The van der Waals surface area contributed by atoms with Gasteiger partial charge in [0.05, 0.1) is 5.70 Å². The van der Waals surface area contributed by atoms with E-state index in [1.54, 1.807) is 0 Å². The summed E-state index contributed by atoms with van der Waals surface area (Å²) >= 11 is 0. The number of likely N-dealkylation sites (N-methyl/N-ethyl adjacent to an activating group) is 1. The van der Waals surface area contributed by atoms with Crippen molar-refractivity contribution in [3.05, 3.63) is 11.8 Å². The number of carbonyl (C=O) groups is 1. The lowest BCUT2D eigenvalue weighted by atomic mass is 10.1. The van der Waals surface area contributed by atoms with Gasteiger partial charge >= 0.3 is 0 Å². The SMILES string of the molecule is C/C=C(/C(=O)N1CCC(N)CC1)N(C)C. The van der Waals surface area contributed by atoms with Crippen molar-refractivity contribution in [1.29, 1.82) is 0 Å². The van der Waals surface area contributed by atoms with Crippen LogP contribution in [-0.4, -0.2) is 48.9 Å². The molecule has 0 aliphatic carbocycles. The third-order valence-electron chi connectivity index (χ3n) is 2.80. The van der Waals surface area contributed by atoms with Gasteiger partial charge in [0.1, 0.15) is 0 Å². The fourth-order valence-electron chi connectivity index (χ4n) is 1.84. The summed E-state index contributed by atoms with van der Waals surface area (Å²) in [5, 5.41) is 0. The van der Waals surface area contributed by atoms with Crippen LogP contribution in [0.4, 0.5) is 0 Å². The zero-order valence-electron chi connectivity index (χ0n) is 9.86. The lowest BCUT2D eigenvalue weighted by Gasteiger charge is -2.32. The van der Waals surface area contributed by atoms with E-state index in [0.29, 0.717) is 0 Å². The summed E-state index contributed by atoms with van der Waals surface area (Å²) in [5.41, 5.74) is 6.56. The van der Waals surface area contributed by atoms with Crippen LogP contribution in [0.1, 0.15) is 19.8 Å². The zero-order chi connectivity index (χ0) is 11.4. The standard InChI is InChI=1S/C11H21N3O/c1-4-10(13(2)3)11(15)14-7-5-9(12)6-8-14/h4,9H,5-8,12H2,1-3H3/b10-4-. The summed E-state index contributed by atoms with van der Waals surface area (Å²) in [6.07, 6.45) is 3.68. The van der Waals surface area contributed by atoms with E-state index in [-0.39, 0.29) is 11.9 Å². The van der Waals surface area contributed by atoms with Crippen molar-refractivity contribution in [2.45, 2.75) is 25.8 Å². The highest BCUT2D eigenvalue weighted by Crippen LogP contribution is 2.12. The van der Waals surface area contributed by atoms with E-state index in [4.69, 9.17) is 5.73 Å². The van der Waals surface area contributed by atoms with Gasteiger partial charge in [-0.15, -0.1) is 0 Å². The van der Waals surface area contributed by atoms with Gasteiger partial charge in [0.15, 0.2) is 0 Å². The Morgan fingerprint density at radius 2 is 1.93 bits per heavy atom. The topological polar surface area (TPSA) is 49.6 Å². The molecule has 1 heterocycles. The van der Waals surface area contributed by atoms with Crippen molar-refractivity contribution in [2.75, 3.05) is 27.2 Å². The van der Waals surface area contributed by atoms with Gasteiger partial charge < -0.3 is 15.5 Å². The van der Waals surface area contributed by atoms with Crippen molar-refractivity contribution in [3.63, 3.8) is 0 Å². The van der Waals surface area contributed by atoms with Crippen LogP contribution >= 0.6 is 0 Å². The first-order chi connectivity index (χ1) is 7.06. The highest BCUT2D eigenvalue weighted by atomic mass is 16.2. The smallest absolute Gasteiger partial charge is 0.269 e. The van der Waals surface area contributed by atoms with Crippen LogP contribution in [0.25, 0.3) is 0 Å². The number of rotatable bonds is 2. The molecule has 0 radical (unpaired) electrons. The second-order valence-electron chi connectivity index (χ2n) is 4.20. The molecule has 0 aromatic heterocycles. The van der Waals surface area contributed by atoms with E-state index in [2.05, 4.69) is 0 Å². The van der Waals surface area contributed by atoms with Gasteiger partial charge in [0.2, 0.25) is 0 Å². The molecular formula is C11H21N3O. The number of carbonyl (C=O) groups excluding carboxylic acids is 1. The Bertz CT molecular complexity index is 253. The fraction of sp³-hybridized carbons (Fsp3) is 0.727. The van der Waals surface area contributed by atoms with Gasteiger partial charge in [-0.2, -0.15) is 0 Å². The van der Waals surface area contributed by atoms with Crippen LogP contribution in [-0.2, 0) is 4.79 Å². The second kappa shape index (κ2) is 5.16. The molecule has 0 atom stereocenters. The molecule has 0 saturated carbocycles. The van der Waals surface area contributed by atoms with Crippen molar-refractivity contribution in [2.24, 2.45) is 5.73 Å². The van der Waals surface area contributed by atoms with E-state index in [1.165, 1.54) is 0 Å². The Balaban J connectivity index is 2.60. The molecule has 0 aromatic rings. The first-order valence-corrected chi connectivity index (χ1v) is 5.44. The van der Waals surface area contributed by atoms with Crippen LogP contribution in [0.3, 0.4) is 0 Å². The molecule has 1 aliphatic rings. The molecule has 2 N–H and O–H groups in total. The van der Waals surface area contributed by atoms with Crippen molar-refractivity contribution >= 4 is 5.91 Å². The molecule has 4 nitrogen and oxygen atoms in total. The molecular weight excluding hydrogens is 190 g/mol. The minimum atomic E-state index is 0.120. The van der Waals surface area contributed by atoms with Crippen molar-refractivity contribution in [3.8, 4) is 0 Å². The molecule has 0 aromatic carbocycles. The summed E-state index contributed by atoms with van der Waals surface area (Å²) in [6, 6.07) is 0.266. The first-order valence-electron chi connectivity index (χ1n) is 5.44. The highest BCUT2D eigenvalue weighted by Gasteiger charge is 2.23. The monoisotopic (exact) mass is 211 g/mol. The maximum Gasteiger partial charge on any atom is 0.269 e. The molecule has 1 fully saturated rings. The normalized spacial score (nSPS) is 19.2. The molecule has 0 unspecified atom stereocenters. The molecule has 0 bridgehead atoms. The van der Waals surface area contributed by atoms with Gasteiger partial charge in [-0.1, -0.05) is 6.08 Å². The summed E-state index contributed by atoms with van der Waals surface area (Å²) in [7, 11) is 3.78. The van der Waals surface area contributed by atoms with E-state index in [0.717, 1.165) is 31.6 Å². The maximum absolute atomic E-state index is 12.1. The molecule has 1 aliphatic heterocycles. The zero-order valence-corrected chi connectivity index (χ0v) is 9.86. The molecule has 1 amide bonds. The predicted molar refractivity (Wildman–Crippen MR) is 61.2 cm³/mol. The third-order valence-corrected chi connectivity index (χ3v) is 2.80. The average molecular weight is 211 g/mol. The second-order valence-corrected chi connectivity index (χ2v) is 4.20. The molecule has 15 heavy (non-hydrogen) atoms. The van der Waals surface area contributed by atoms with E-state index in [1.807, 2.05) is 36.9 Å². The first kappa shape index (κ1) is 12.0. The minimum Gasteiger partial charge on any atom is -0.373 e. The number of allylic oxidation sites excluding steroid dienone is 1. The van der Waals surface area contributed by atoms with Gasteiger partial charge in [-0.25, -0.2) is 0 Å². The average Bonchev–Trinajstić information content (AvgIpc) is 2.19. The summed E-state index contributed by atoms with van der Waals surface area (Å²) < 4.78 is 0. The van der Waals surface area contributed by atoms with Crippen LogP contribution in [0.2, 0.25) is 0 Å². The Kier molecular flexibility index (Phi) is 4.15. The highest BCUT2D eigenvalue weighted by molar-refractivity contribution is 5.92. The largest absolute Gasteiger partial charge is 0.373 e. The number of nitrogens with zero attached hydrogens (tertiary/aromatic N) is 2. The summed E-state index contributed by atoms with van der Waals surface area (Å²) in [6.45, 7) is 3.46. The van der Waals surface area contributed by atoms with Crippen LogP contribution in [0.5, 0.6) is 0 Å². The van der Waals surface area contributed by atoms with E-state index < -0.39 is 0 Å².